The van der Waals surface area contributed by atoms with Crippen molar-refractivity contribution < 1.29 is 28.5 Å². The number of allylic oxidation sites excluding steroid dienone is 2. The average Bonchev–Trinajstić information content (AvgIpc) is 3.29. The van der Waals surface area contributed by atoms with Crippen molar-refractivity contribution in [2.45, 2.75) is 18.9 Å². The third kappa shape index (κ3) is 3.57. The van der Waals surface area contributed by atoms with Crippen molar-refractivity contribution in [3.63, 3.8) is 0 Å². The van der Waals surface area contributed by atoms with Gasteiger partial charge in [-0.15, -0.1) is 0 Å². The number of benzene rings is 1. The minimum Gasteiger partial charge on any atom is -0.493 e. The van der Waals surface area contributed by atoms with Crippen molar-refractivity contribution in [2.24, 2.45) is 5.92 Å². The molecule has 0 bridgehead atoms. The van der Waals surface area contributed by atoms with Crippen LogP contribution in [0.2, 0.25) is 0 Å². The predicted octanol–water partition coefficient (Wildman–Crippen LogP) is 3.24. The number of fused-ring (bicyclic) bond motifs is 1. The van der Waals surface area contributed by atoms with Crippen LogP contribution in [0, 0.1) is 5.92 Å². The summed E-state index contributed by atoms with van der Waals surface area (Å²) in [6.07, 6.45) is 7.46. The molecule has 0 saturated carbocycles. The van der Waals surface area contributed by atoms with Crippen LogP contribution in [0.4, 0.5) is 0 Å². The lowest BCUT2D eigenvalue weighted by Crippen LogP contribution is -2.14. The van der Waals surface area contributed by atoms with E-state index in [1.807, 2.05) is 30.4 Å². The van der Waals surface area contributed by atoms with Crippen LogP contribution in [0.3, 0.4) is 0 Å². The summed E-state index contributed by atoms with van der Waals surface area (Å²) in [5.74, 6) is 1.93. The molecule has 1 aromatic carbocycles. The summed E-state index contributed by atoms with van der Waals surface area (Å²) < 4.78 is 26.9. The van der Waals surface area contributed by atoms with Gasteiger partial charge >= 0.3 is 5.97 Å². The van der Waals surface area contributed by atoms with Crippen molar-refractivity contribution in [3.05, 3.63) is 52.8 Å². The smallest absolute Gasteiger partial charge is 0.334 e. The minimum absolute atomic E-state index is 0.00121. The van der Waals surface area contributed by atoms with Crippen LogP contribution in [0.5, 0.6) is 11.5 Å². The first-order chi connectivity index (χ1) is 13.2. The van der Waals surface area contributed by atoms with Crippen molar-refractivity contribution in [1.82, 2.24) is 0 Å². The van der Waals surface area contributed by atoms with Gasteiger partial charge in [-0.25, -0.2) is 4.79 Å². The molecule has 2 heterocycles. The van der Waals surface area contributed by atoms with Crippen molar-refractivity contribution in [1.29, 1.82) is 0 Å². The number of rotatable bonds is 5. The molecular weight excluding hydrogens is 348 g/mol. The highest BCUT2D eigenvalue weighted by molar-refractivity contribution is 5.96. The van der Waals surface area contributed by atoms with Gasteiger partial charge in [0, 0.05) is 17.9 Å². The molecule has 2 unspecified atom stereocenters. The number of cyclic esters (lactones) is 1. The molecule has 3 aliphatic rings. The maximum absolute atomic E-state index is 12.3. The molecule has 142 valence electrons. The van der Waals surface area contributed by atoms with Crippen LogP contribution in [0.1, 0.15) is 18.4 Å². The summed E-state index contributed by atoms with van der Waals surface area (Å²) in [5.41, 5.74) is 2.79. The van der Waals surface area contributed by atoms with Gasteiger partial charge in [-0.1, -0.05) is 17.7 Å². The van der Waals surface area contributed by atoms with E-state index in [4.69, 9.17) is 23.7 Å². The van der Waals surface area contributed by atoms with E-state index in [1.54, 1.807) is 14.2 Å². The summed E-state index contributed by atoms with van der Waals surface area (Å²) in [7, 11) is 3.19. The number of carbonyl (C=O) groups is 1. The Hall–Kier alpha value is -2.73. The second-order valence-corrected chi connectivity index (χ2v) is 6.73. The highest BCUT2D eigenvalue weighted by atomic mass is 16.7. The van der Waals surface area contributed by atoms with Gasteiger partial charge in [0.15, 0.2) is 18.3 Å². The molecule has 0 radical (unpaired) electrons. The number of esters is 1. The Morgan fingerprint density at radius 2 is 2.00 bits per heavy atom. The van der Waals surface area contributed by atoms with E-state index < -0.39 is 0 Å². The lowest BCUT2D eigenvalue weighted by Gasteiger charge is -2.18. The van der Waals surface area contributed by atoms with Gasteiger partial charge < -0.3 is 23.7 Å². The fraction of sp³-hybridized carbons (Fsp3) is 0.381. The monoisotopic (exact) mass is 370 g/mol. The number of ether oxygens (including phenoxy) is 5. The zero-order valence-electron chi connectivity index (χ0n) is 15.4. The van der Waals surface area contributed by atoms with E-state index in [0.29, 0.717) is 30.5 Å². The van der Waals surface area contributed by atoms with Gasteiger partial charge in [-0.05, 0) is 36.3 Å². The van der Waals surface area contributed by atoms with Gasteiger partial charge in [0.25, 0.3) is 0 Å². The number of methoxy groups -OCH3 is 2. The summed E-state index contributed by atoms with van der Waals surface area (Å²) in [6, 6.07) is 5.58. The van der Waals surface area contributed by atoms with E-state index >= 15 is 0 Å². The molecule has 2 atom stereocenters. The van der Waals surface area contributed by atoms with Crippen LogP contribution < -0.4 is 9.47 Å². The van der Waals surface area contributed by atoms with Crippen molar-refractivity contribution in [2.75, 3.05) is 27.6 Å². The summed E-state index contributed by atoms with van der Waals surface area (Å²) >= 11 is 0. The Bertz CT molecular complexity index is 835. The molecule has 0 amide bonds. The van der Waals surface area contributed by atoms with E-state index in [0.717, 1.165) is 24.2 Å². The second kappa shape index (κ2) is 7.48. The number of hydrogen-bond donors (Lipinski definition) is 0. The molecule has 2 fully saturated rings. The van der Waals surface area contributed by atoms with Gasteiger partial charge in [0.1, 0.15) is 11.9 Å². The van der Waals surface area contributed by atoms with Gasteiger partial charge in [-0.2, -0.15) is 0 Å². The van der Waals surface area contributed by atoms with Crippen LogP contribution in [0.25, 0.3) is 6.08 Å². The Labute approximate surface area is 158 Å². The van der Waals surface area contributed by atoms with Gasteiger partial charge in [0.05, 0.1) is 20.8 Å². The average molecular weight is 370 g/mol. The third-order valence-corrected chi connectivity index (χ3v) is 5.07. The van der Waals surface area contributed by atoms with Crippen molar-refractivity contribution >= 4 is 12.0 Å². The summed E-state index contributed by atoms with van der Waals surface area (Å²) in [4.78, 5) is 12.3. The summed E-state index contributed by atoms with van der Waals surface area (Å²) in [5, 5.41) is 0. The Balaban J connectivity index is 1.54. The molecule has 0 N–H and O–H groups in total. The topological polar surface area (TPSA) is 63.2 Å². The molecule has 1 aromatic rings. The molecule has 6 nitrogen and oxygen atoms in total. The second-order valence-electron chi connectivity index (χ2n) is 6.73. The maximum Gasteiger partial charge on any atom is 0.334 e. The molecule has 2 aliphatic heterocycles. The van der Waals surface area contributed by atoms with Crippen molar-refractivity contribution in [3.8, 4) is 11.5 Å². The molecule has 2 saturated heterocycles. The highest BCUT2D eigenvalue weighted by Gasteiger charge is 2.33. The molecule has 0 aromatic heterocycles. The van der Waals surface area contributed by atoms with Gasteiger partial charge in [-0.3, -0.25) is 0 Å². The van der Waals surface area contributed by atoms with Crippen LogP contribution in [-0.4, -0.2) is 39.7 Å². The first kappa shape index (κ1) is 17.7. The summed E-state index contributed by atoms with van der Waals surface area (Å²) in [6.45, 7) is 0.709. The Morgan fingerprint density at radius 1 is 1.15 bits per heavy atom. The number of hydrogen-bond acceptors (Lipinski definition) is 6. The fourth-order valence-electron chi connectivity index (χ4n) is 3.63. The highest BCUT2D eigenvalue weighted by Crippen LogP contribution is 2.36. The van der Waals surface area contributed by atoms with Crippen LogP contribution in [0.15, 0.2) is 47.3 Å². The zero-order chi connectivity index (χ0) is 18.8. The lowest BCUT2D eigenvalue weighted by atomic mass is 9.88. The largest absolute Gasteiger partial charge is 0.493 e. The molecule has 1 aliphatic carbocycles. The zero-order valence-corrected chi connectivity index (χ0v) is 15.4. The quantitative estimate of drug-likeness (QED) is 0.586. The van der Waals surface area contributed by atoms with E-state index in [-0.39, 0.29) is 18.0 Å². The van der Waals surface area contributed by atoms with Crippen LogP contribution >= 0.6 is 0 Å². The molecule has 6 heteroatoms. The van der Waals surface area contributed by atoms with Gasteiger partial charge in [0.2, 0.25) is 0 Å². The number of carbonyl (C=O) groups excluding carboxylic acids is 1. The third-order valence-electron chi connectivity index (χ3n) is 5.07. The fourth-order valence-corrected chi connectivity index (χ4v) is 3.63. The minimum atomic E-state index is -0.261. The van der Waals surface area contributed by atoms with E-state index in [1.165, 1.54) is 5.57 Å². The normalized spacial score (nSPS) is 25.4. The molecule has 27 heavy (non-hydrogen) atoms. The maximum atomic E-state index is 12.3. The first-order valence-corrected chi connectivity index (χ1v) is 8.92. The lowest BCUT2D eigenvalue weighted by molar-refractivity contribution is -0.135. The standard InChI is InChI=1S/C21H22O6/c1-23-17-5-3-14(9-19(17)24-2)8-16-15(11-25-21(16)22)7-13-4-6-18-20(10-13)27-12-26-18/h3-6,8-9,15,20H,7,10-12H2,1-2H3/b16-8+. The van der Waals surface area contributed by atoms with Crippen LogP contribution in [-0.2, 0) is 19.0 Å². The Morgan fingerprint density at radius 3 is 2.81 bits per heavy atom. The molecule has 4 rings (SSSR count). The van der Waals surface area contributed by atoms with E-state index in [2.05, 4.69) is 6.08 Å². The Kier molecular flexibility index (Phi) is 4.90. The first-order valence-electron chi connectivity index (χ1n) is 8.92. The predicted molar refractivity (Wildman–Crippen MR) is 98.2 cm³/mol. The molecule has 0 spiro atoms. The molecular formula is C21H22O6. The van der Waals surface area contributed by atoms with E-state index in [9.17, 15) is 4.79 Å². The SMILES string of the molecule is COc1ccc(/C=C2/C(=O)OCC2CC2=CC=C3OCOC3C2)cc1OC.